The largest absolute Gasteiger partial charge is 0.344 e. The molecule has 0 unspecified atom stereocenters. The summed E-state index contributed by atoms with van der Waals surface area (Å²) in [6, 6.07) is 15.4. The number of rotatable bonds is 13. The number of aromatic nitrogens is 2. The molecule has 5 rings (SSSR count). The number of hydrogen-bond acceptors (Lipinski definition) is 6. The topological polar surface area (TPSA) is 129 Å². The van der Waals surface area contributed by atoms with Crippen LogP contribution >= 0.6 is 0 Å². The molecule has 4 amide bonds. The third kappa shape index (κ3) is 9.15. The standard InChI is InChI=1S/C38H50FN7O4/c1-4-33(47)43-35(38(50)45-22-20-44(21-23-45)25-27-12-8-6-9-13-27)26(3)29-16-17-31(30(39)24-29)41-36(48)34(28-14-10-7-11-15-28)37(49)42-32-18-19-40-46(32)5-2/h6,8-9,12-13,16-19,24,26,28,34-35H,4-5,7,10-11,14-15,20-23,25H2,1-3H3,(H,41,48)(H,42,49)(H,43,47)/t26-,34-,35+/m0/s1. The Morgan fingerprint density at radius 2 is 1.60 bits per heavy atom. The van der Waals surface area contributed by atoms with E-state index in [9.17, 15) is 19.2 Å². The van der Waals surface area contributed by atoms with Gasteiger partial charge < -0.3 is 20.9 Å². The Bertz CT molecular complexity index is 1620. The fraction of sp³-hybridized carbons (Fsp3) is 0.500. The van der Waals surface area contributed by atoms with Crippen molar-refractivity contribution in [2.24, 2.45) is 11.8 Å². The molecule has 0 bridgehead atoms. The monoisotopic (exact) mass is 687 g/mol. The van der Waals surface area contributed by atoms with E-state index < -0.39 is 35.5 Å². The fourth-order valence-corrected chi connectivity index (χ4v) is 7.07. The van der Waals surface area contributed by atoms with Crippen LogP contribution in [0, 0.1) is 17.7 Å². The van der Waals surface area contributed by atoms with Gasteiger partial charge in [0, 0.05) is 57.7 Å². The first-order valence-corrected chi connectivity index (χ1v) is 18.0. The van der Waals surface area contributed by atoms with Crippen molar-refractivity contribution in [1.29, 1.82) is 0 Å². The molecule has 2 heterocycles. The number of aryl methyl sites for hydroxylation is 1. The number of anilines is 2. The van der Waals surface area contributed by atoms with Gasteiger partial charge in [-0.15, -0.1) is 0 Å². The third-order valence-electron chi connectivity index (χ3n) is 10.1. The maximum atomic E-state index is 15.7. The summed E-state index contributed by atoms with van der Waals surface area (Å²) in [6.07, 6.45) is 6.16. The maximum absolute atomic E-state index is 15.7. The van der Waals surface area contributed by atoms with Crippen LogP contribution in [0.25, 0.3) is 0 Å². The number of carbonyl (C=O) groups excluding carboxylic acids is 4. The number of carbonyl (C=O) groups is 4. The first-order valence-electron chi connectivity index (χ1n) is 18.0. The van der Waals surface area contributed by atoms with E-state index in [-0.39, 0.29) is 29.8 Å². The van der Waals surface area contributed by atoms with Crippen LogP contribution in [-0.2, 0) is 32.3 Å². The third-order valence-corrected chi connectivity index (χ3v) is 10.1. The Labute approximate surface area is 294 Å². The number of benzene rings is 2. The molecule has 3 aromatic rings. The minimum atomic E-state index is -1.01. The van der Waals surface area contributed by atoms with E-state index >= 15 is 4.39 Å². The Hall–Kier alpha value is -4.58. The van der Waals surface area contributed by atoms with E-state index in [0.717, 1.165) is 38.6 Å². The molecule has 268 valence electrons. The molecule has 1 aliphatic heterocycles. The zero-order chi connectivity index (χ0) is 35.6. The lowest BCUT2D eigenvalue weighted by molar-refractivity contribution is -0.138. The number of halogens is 1. The van der Waals surface area contributed by atoms with E-state index in [1.165, 1.54) is 17.7 Å². The SMILES string of the molecule is CCC(=O)N[C@@H](C(=O)N1CCN(Cc2ccccc2)CC1)[C@@H](C)c1ccc(NC(=O)[C@@H](C(=O)Nc2ccnn2CC)C2CCCCC2)c(F)c1. The molecule has 12 heteroatoms. The number of amides is 4. The van der Waals surface area contributed by atoms with Crippen molar-refractivity contribution in [2.45, 2.75) is 84.3 Å². The molecule has 3 N–H and O–H groups in total. The number of hydrogen-bond donors (Lipinski definition) is 3. The van der Waals surface area contributed by atoms with Crippen molar-refractivity contribution >= 4 is 35.1 Å². The molecule has 3 atom stereocenters. The summed E-state index contributed by atoms with van der Waals surface area (Å²) in [7, 11) is 0. The predicted octanol–water partition coefficient (Wildman–Crippen LogP) is 5.16. The molecular formula is C38H50FN7O4. The average molecular weight is 688 g/mol. The van der Waals surface area contributed by atoms with E-state index in [4.69, 9.17) is 0 Å². The highest BCUT2D eigenvalue weighted by atomic mass is 19.1. The molecule has 0 radical (unpaired) electrons. The molecule has 1 aliphatic carbocycles. The molecule has 1 saturated heterocycles. The van der Waals surface area contributed by atoms with E-state index in [0.29, 0.717) is 44.1 Å². The van der Waals surface area contributed by atoms with Crippen molar-refractivity contribution in [3.63, 3.8) is 0 Å². The zero-order valence-corrected chi connectivity index (χ0v) is 29.4. The summed E-state index contributed by atoms with van der Waals surface area (Å²) < 4.78 is 17.4. The summed E-state index contributed by atoms with van der Waals surface area (Å²) in [5, 5.41) is 12.6. The van der Waals surface area contributed by atoms with Gasteiger partial charge >= 0.3 is 0 Å². The second-order valence-corrected chi connectivity index (χ2v) is 13.4. The van der Waals surface area contributed by atoms with E-state index in [2.05, 4.69) is 38.1 Å². The molecule has 2 aromatic carbocycles. The molecule has 1 saturated carbocycles. The molecule has 2 fully saturated rings. The Morgan fingerprint density at radius 3 is 2.26 bits per heavy atom. The zero-order valence-electron chi connectivity index (χ0n) is 29.4. The molecule has 0 spiro atoms. The smallest absolute Gasteiger partial charge is 0.245 e. The Balaban J connectivity index is 1.27. The lowest BCUT2D eigenvalue weighted by Gasteiger charge is -2.37. The van der Waals surface area contributed by atoms with Gasteiger partial charge in [-0.2, -0.15) is 5.10 Å². The molecular weight excluding hydrogens is 637 g/mol. The van der Waals surface area contributed by atoms with E-state index in [1.54, 1.807) is 41.8 Å². The number of piperazine rings is 1. The lowest BCUT2D eigenvalue weighted by Crippen LogP contribution is -2.56. The quantitative estimate of drug-likeness (QED) is 0.213. The highest BCUT2D eigenvalue weighted by Crippen LogP contribution is 2.33. The van der Waals surface area contributed by atoms with Gasteiger partial charge in [-0.3, -0.25) is 24.1 Å². The van der Waals surface area contributed by atoms with E-state index in [1.807, 2.05) is 25.1 Å². The van der Waals surface area contributed by atoms with Crippen molar-refractivity contribution < 1.29 is 23.6 Å². The normalized spacial score (nSPS) is 17.4. The van der Waals surface area contributed by atoms with Crippen molar-refractivity contribution in [1.82, 2.24) is 24.9 Å². The van der Waals surface area contributed by atoms with Crippen LogP contribution < -0.4 is 16.0 Å². The number of nitrogens with one attached hydrogen (secondary N) is 3. The summed E-state index contributed by atoms with van der Waals surface area (Å²) in [5.41, 5.74) is 1.67. The first kappa shape index (κ1) is 36.7. The van der Waals surface area contributed by atoms with Gasteiger partial charge in [-0.1, -0.05) is 69.5 Å². The van der Waals surface area contributed by atoms with Gasteiger partial charge in [0.1, 0.15) is 23.6 Å². The predicted molar refractivity (Wildman–Crippen MR) is 191 cm³/mol. The molecule has 1 aromatic heterocycles. The van der Waals surface area contributed by atoms with Crippen LogP contribution in [0.4, 0.5) is 15.9 Å². The summed E-state index contributed by atoms with van der Waals surface area (Å²) in [4.78, 5) is 57.8. The second-order valence-electron chi connectivity index (χ2n) is 13.4. The van der Waals surface area contributed by atoms with Crippen molar-refractivity contribution in [3.05, 3.63) is 77.7 Å². The van der Waals surface area contributed by atoms with Crippen LogP contribution in [0.3, 0.4) is 0 Å². The van der Waals surface area contributed by atoms with Crippen LogP contribution in [0.15, 0.2) is 60.8 Å². The lowest BCUT2D eigenvalue weighted by atomic mass is 9.79. The first-order chi connectivity index (χ1) is 24.2. The molecule has 11 nitrogen and oxygen atoms in total. The minimum absolute atomic E-state index is 0.0480. The van der Waals surface area contributed by atoms with Gasteiger partial charge in [-0.05, 0) is 48.9 Å². The minimum Gasteiger partial charge on any atom is -0.344 e. The summed E-state index contributed by atoms with van der Waals surface area (Å²) in [5.74, 6) is -3.38. The number of nitrogens with zero attached hydrogens (tertiary/aromatic N) is 4. The van der Waals surface area contributed by atoms with Crippen LogP contribution in [0.2, 0.25) is 0 Å². The van der Waals surface area contributed by atoms with Crippen LogP contribution in [0.5, 0.6) is 0 Å². The van der Waals surface area contributed by atoms with Crippen molar-refractivity contribution in [3.8, 4) is 0 Å². The van der Waals surface area contributed by atoms with Gasteiger partial charge in [0.05, 0.1) is 11.9 Å². The second kappa shape index (κ2) is 17.4. The van der Waals surface area contributed by atoms with Crippen LogP contribution in [0.1, 0.15) is 76.3 Å². The summed E-state index contributed by atoms with van der Waals surface area (Å²) >= 11 is 0. The van der Waals surface area contributed by atoms with Crippen molar-refractivity contribution in [2.75, 3.05) is 36.8 Å². The van der Waals surface area contributed by atoms with Gasteiger partial charge in [0.25, 0.3) is 0 Å². The highest BCUT2D eigenvalue weighted by Gasteiger charge is 2.37. The Kier molecular flexibility index (Phi) is 12.8. The van der Waals surface area contributed by atoms with Gasteiger partial charge in [0.2, 0.25) is 23.6 Å². The molecule has 50 heavy (non-hydrogen) atoms. The Morgan fingerprint density at radius 1 is 0.900 bits per heavy atom. The van der Waals surface area contributed by atoms with Gasteiger partial charge in [0.15, 0.2) is 0 Å². The average Bonchev–Trinajstić information content (AvgIpc) is 3.59. The highest BCUT2D eigenvalue weighted by molar-refractivity contribution is 6.11. The van der Waals surface area contributed by atoms with Gasteiger partial charge in [-0.25, -0.2) is 9.07 Å². The molecule has 2 aliphatic rings. The van der Waals surface area contributed by atoms with Crippen LogP contribution in [-0.4, -0.2) is 75.4 Å². The summed E-state index contributed by atoms with van der Waals surface area (Å²) in [6.45, 7) is 9.22. The maximum Gasteiger partial charge on any atom is 0.245 e. The fourth-order valence-electron chi connectivity index (χ4n) is 7.07.